The van der Waals surface area contributed by atoms with E-state index >= 15 is 0 Å². The molecule has 0 unspecified atom stereocenters. The lowest BCUT2D eigenvalue weighted by Gasteiger charge is -2.11. The zero-order valence-corrected chi connectivity index (χ0v) is 16.0. The molecule has 0 saturated heterocycles. The Morgan fingerprint density at radius 1 is 0.957 bits per heavy atom. The van der Waals surface area contributed by atoms with E-state index in [1.165, 1.54) is 29.5 Å². The molecule has 4 heteroatoms. The molecule has 1 N–H and O–H groups in total. The normalized spacial score (nSPS) is 11.1. The van der Waals surface area contributed by atoms with E-state index in [1.807, 2.05) is 12.1 Å². The van der Waals surface area contributed by atoms with Gasteiger partial charge >= 0.3 is 0 Å². The number of hydrogen-bond donors (Lipinski definition) is 1. The Morgan fingerprint density at radius 2 is 1.70 bits per heavy atom. The highest BCUT2D eigenvalue weighted by Gasteiger charge is 2.09. The molecule has 0 saturated carbocycles. The molecule has 0 fully saturated rings. The van der Waals surface area contributed by atoms with Crippen molar-refractivity contribution in [3.63, 3.8) is 0 Å². The summed E-state index contributed by atoms with van der Waals surface area (Å²) in [5.41, 5.74) is 4.92. The van der Waals surface area contributed by atoms with Gasteiger partial charge in [-0.05, 0) is 66.1 Å². The van der Waals surface area contributed by atoms with Gasteiger partial charge in [0, 0.05) is 0 Å². The first-order chi connectivity index (χ1) is 11.1. The summed E-state index contributed by atoms with van der Waals surface area (Å²) < 4.78 is 0. The molecule has 2 aromatic carbocycles. The number of rotatable bonds is 8. The average Bonchev–Trinajstić information content (AvgIpc) is 2.53. The minimum absolute atomic E-state index is 0.311. The molecule has 0 bridgehead atoms. The predicted octanol–water partition coefficient (Wildman–Crippen LogP) is 6.30. The van der Waals surface area contributed by atoms with E-state index in [1.54, 1.807) is 6.07 Å². The summed E-state index contributed by atoms with van der Waals surface area (Å²) in [5.74, 6) is 0.311. The molecule has 0 amide bonds. The van der Waals surface area contributed by atoms with Gasteiger partial charge in [0.2, 0.25) is 0 Å². The first-order valence-corrected chi connectivity index (χ1v) is 11.9. The van der Waals surface area contributed by atoms with Gasteiger partial charge in [-0.1, -0.05) is 43.7 Å². The summed E-state index contributed by atoms with van der Waals surface area (Å²) in [5, 5.41) is 9.79. The van der Waals surface area contributed by atoms with Crippen molar-refractivity contribution in [2.45, 2.75) is 45.1 Å². The van der Waals surface area contributed by atoms with Crippen molar-refractivity contribution in [1.29, 1.82) is 0 Å². The van der Waals surface area contributed by atoms with Crippen LogP contribution in [0.5, 0.6) is 5.75 Å². The Kier molecular flexibility index (Phi) is 7.48. The van der Waals surface area contributed by atoms with Crippen LogP contribution in [0.2, 0.25) is 6.04 Å². The maximum absolute atomic E-state index is 9.79. The Labute approximate surface area is 150 Å². The predicted molar refractivity (Wildman–Crippen MR) is 103 cm³/mol. The SMILES string of the molecule is CCCCc1ccc(-c2ccc(O)cc2CCC[Si](Cl)Cl)cc1. The number of benzene rings is 2. The van der Waals surface area contributed by atoms with Gasteiger partial charge in [-0.15, -0.1) is 22.2 Å². The van der Waals surface area contributed by atoms with Gasteiger partial charge in [0.25, 0.3) is 7.42 Å². The lowest BCUT2D eigenvalue weighted by atomic mass is 9.95. The fraction of sp³-hybridized carbons (Fsp3) is 0.368. The van der Waals surface area contributed by atoms with E-state index in [0.717, 1.165) is 30.9 Å². The minimum atomic E-state index is -1.22. The van der Waals surface area contributed by atoms with Crippen LogP contribution >= 0.6 is 22.2 Å². The second kappa shape index (κ2) is 9.36. The lowest BCUT2D eigenvalue weighted by molar-refractivity contribution is 0.474. The number of unbranched alkanes of at least 4 members (excludes halogenated alkanes) is 1. The van der Waals surface area contributed by atoms with Crippen molar-refractivity contribution in [3.8, 4) is 16.9 Å². The second-order valence-corrected chi connectivity index (χ2v) is 10.3. The molecule has 1 nitrogen and oxygen atoms in total. The highest BCUT2D eigenvalue weighted by Crippen LogP contribution is 2.29. The van der Waals surface area contributed by atoms with Crippen molar-refractivity contribution in [3.05, 3.63) is 53.6 Å². The van der Waals surface area contributed by atoms with Crippen molar-refractivity contribution < 1.29 is 5.11 Å². The highest BCUT2D eigenvalue weighted by atomic mass is 35.7. The lowest BCUT2D eigenvalue weighted by Crippen LogP contribution is -1.96. The summed E-state index contributed by atoms with van der Waals surface area (Å²) in [6.07, 6.45) is 5.41. The summed E-state index contributed by atoms with van der Waals surface area (Å²) in [6.45, 7) is 2.21. The highest BCUT2D eigenvalue weighted by molar-refractivity contribution is 7.33. The van der Waals surface area contributed by atoms with Gasteiger partial charge in [0.05, 0.1) is 0 Å². The van der Waals surface area contributed by atoms with Gasteiger partial charge < -0.3 is 5.11 Å². The molecule has 0 aliphatic rings. The molecule has 1 radical (unpaired) electrons. The number of aromatic hydroxyl groups is 1. The number of halogens is 2. The van der Waals surface area contributed by atoms with Crippen LogP contribution < -0.4 is 0 Å². The average molecular weight is 366 g/mol. The van der Waals surface area contributed by atoms with E-state index in [4.69, 9.17) is 22.2 Å². The maximum Gasteiger partial charge on any atom is 0.273 e. The molecule has 123 valence electrons. The third kappa shape index (κ3) is 5.87. The standard InChI is InChI=1S/C19H23Cl2OSi/c1-2-3-5-15-7-9-16(10-8-15)19-12-11-18(22)14-17(19)6-4-13-23(20)21/h7-12,14,22H,2-6,13H2,1H3. The van der Waals surface area contributed by atoms with E-state index < -0.39 is 7.42 Å². The molecule has 2 rings (SSSR count). The first-order valence-electron chi connectivity index (χ1n) is 8.18. The molecule has 23 heavy (non-hydrogen) atoms. The van der Waals surface area contributed by atoms with Crippen LogP contribution in [0, 0.1) is 0 Å². The van der Waals surface area contributed by atoms with Crippen LogP contribution in [0.25, 0.3) is 11.1 Å². The quantitative estimate of drug-likeness (QED) is 0.429. The monoisotopic (exact) mass is 365 g/mol. The maximum atomic E-state index is 9.79. The minimum Gasteiger partial charge on any atom is -0.508 e. The third-order valence-corrected chi connectivity index (χ3v) is 5.85. The summed E-state index contributed by atoms with van der Waals surface area (Å²) in [7, 11) is -1.22. The van der Waals surface area contributed by atoms with E-state index in [2.05, 4.69) is 31.2 Å². The smallest absolute Gasteiger partial charge is 0.273 e. The van der Waals surface area contributed by atoms with Gasteiger partial charge in [0.15, 0.2) is 0 Å². The van der Waals surface area contributed by atoms with E-state index in [0.29, 0.717) is 5.75 Å². The second-order valence-electron chi connectivity index (χ2n) is 5.83. The van der Waals surface area contributed by atoms with Crippen molar-refractivity contribution in [2.75, 3.05) is 0 Å². The van der Waals surface area contributed by atoms with Crippen molar-refractivity contribution in [2.24, 2.45) is 0 Å². The van der Waals surface area contributed by atoms with Crippen LogP contribution in [-0.2, 0) is 12.8 Å². The van der Waals surface area contributed by atoms with Gasteiger partial charge in [-0.2, -0.15) is 0 Å². The molecule has 0 spiro atoms. The molecule has 0 aliphatic carbocycles. The summed E-state index contributed by atoms with van der Waals surface area (Å²) in [6, 6.07) is 15.2. The van der Waals surface area contributed by atoms with E-state index in [9.17, 15) is 5.11 Å². The molecule has 2 aromatic rings. The molecular formula is C19H23Cl2OSi. The van der Waals surface area contributed by atoms with Crippen LogP contribution in [-0.4, -0.2) is 12.5 Å². The topological polar surface area (TPSA) is 20.2 Å². The third-order valence-electron chi connectivity index (χ3n) is 3.98. The number of hydrogen-bond acceptors (Lipinski definition) is 1. The number of aryl methyl sites for hydroxylation is 2. The van der Waals surface area contributed by atoms with Crippen LogP contribution in [0.15, 0.2) is 42.5 Å². The van der Waals surface area contributed by atoms with Crippen LogP contribution in [0.3, 0.4) is 0 Å². The van der Waals surface area contributed by atoms with Gasteiger partial charge in [-0.3, -0.25) is 0 Å². The number of phenols is 1. The van der Waals surface area contributed by atoms with Crippen LogP contribution in [0.4, 0.5) is 0 Å². The van der Waals surface area contributed by atoms with Crippen molar-refractivity contribution >= 4 is 29.6 Å². The molecule has 0 heterocycles. The molecule has 0 aromatic heterocycles. The zero-order valence-electron chi connectivity index (χ0n) is 13.5. The van der Waals surface area contributed by atoms with Crippen molar-refractivity contribution in [1.82, 2.24) is 0 Å². The first kappa shape index (κ1) is 18.4. The van der Waals surface area contributed by atoms with Crippen LogP contribution in [0.1, 0.15) is 37.3 Å². The summed E-state index contributed by atoms with van der Waals surface area (Å²) >= 11 is 11.8. The Hall–Kier alpha value is -0.963. The molecule has 0 aliphatic heterocycles. The van der Waals surface area contributed by atoms with E-state index in [-0.39, 0.29) is 0 Å². The summed E-state index contributed by atoms with van der Waals surface area (Å²) in [4.78, 5) is 0. The molecular weight excluding hydrogens is 343 g/mol. The van der Waals surface area contributed by atoms with Gasteiger partial charge in [0.1, 0.15) is 5.75 Å². The fourth-order valence-electron chi connectivity index (χ4n) is 2.71. The van der Waals surface area contributed by atoms with Gasteiger partial charge in [-0.25, -0.2) is 0 Å². The Morgan fingerprint density at radius 3 is 2.35 bits per heavy atom. The largest absolute Gasteiger partial charge is 0.508 e. The molecule has 0 atom stereocenters. The Bertz CT molecular complexity index is 611. The Balaban J connectivity index is 2.17. The zero-order chi connectivity index (χ0) is 16.7. The fourth-order valence-corrected chi connectivity index (χ4v) is 3.96. The number of phenolic OH excluding ortho intramolecular Hbond substituents is 1.